The number of fused-ring (bicyclic) bond motifs is 1. The van der Waals surface area contributed by atoms with Gasteiger partial charge in [0.05, 0.1) is 23.3 Å². The fourth-order valence-electron chi connectivity index (χ4n) is 2.03. The van der Waals surface area contributed by atoms with Gasteiger partial charge in [0.15, 0.2) is 5.16 Å². The number of benzene rings is 1. The minimum Gasteiger partial charge on any atom is -0.481 e. The molecule has 0 fully saturated rings. The maximum absolute atomic E-state index is 10.8. The van der Waals surface area contributed by atoms with Gasteiger partial charge in [-0.2, -0.15) is 0 Å². The second kappa shape index (κ2) is 6.37. The normalized spacial score (nSPS) is 11.1. The fraction of sp³-hybridized carbons (Fsp3) is 0.143. The van der Waals surface area contributed by atoms with Crippen LogP contribution in [0.3, 0.4) is 0 Å². The van der Waals surface area contributed by atoms with Crippen molar-refractivity contribution in [3.63, 3.8) is 0 Å². The van der Waals surface area contributed by atoms with Crippen molar-refractivity contribution in [1.82, 2.24) is 9.55 Å². The summed E-state index contributed by atoms with van der Waals surface area (Å²) in [5.74, 6) is -0.811. The van der Waals surface area contributed by atoms with Gasteiger partial charge in [0.25, 0.3) is 0 Å². The first-order valence-corrected chi connectivity index (χ1v) is 9.10. The summed E-state index contributed by atoms with van der Waals surface area (Å²) < 4.78 is 3.21. The van der Waals surface area contributed by atoms with Crippen molar-refractivity contribution < 1.29 is 9.90 Å². The number of rotatable bonds is 5. The van der Waals surface area contributed by atoms with Crippen LogP contribution in [-0.4, -0.2) is 26.4 Å². The molecule has 0 aliphatic rings. The summed E-state index contributed by atoms with van der Waals surface area (Å²) in [6.07, 6.45) is 0. The van der Waals surface area contributed by atoms with Gasteiger partial charge in [-0.25, -0.2) is 4.98 Å². The lowest BCUT2D eigenvalue weighted by atomic mass is 10.3. The highest BCUT2D eigenvalue weighted by Gasteiger charge is 2.13. The monoisotopic (exact) mass is 430 g/mol. The van der Waals surface area contributed by atoms with Gasteiger partial charge in [-0.3, -0.25) is 4.79 Å². The molecule has 0 saturated carbocycles. The van der Waals surface area contributed by atoms with Gasteiger partial charge in [0.2, 0.25) is 0 Å². The summed E-state index contributed by atoms with van der Waals surface area (Å²) in [5.41, 5.74) is 1.95. The Morgan fingerprint density at radius 3 is 3.00 bits per heavy atom. The molecule has 0 spiro atoms. The Morgan fingerprint density at radius 2 is 2.29 bits per heavy atom. The third-order valence-corrected chi connectivity index (χ3v) is 5.39. The molecule has 0 radical (unpaired) electrons. The van der Waals surface area contributed by atoms with Crippen molar-refractivity contribution in [2.75, 3.05) is 5.75 Å². The second-order valence-corrected chi connectivity index (χ2v) is 7.60. The van der Waals surface area contributed by atoms with Crippen LogP contribution in [0.5, 0.6) is 0 Å². The Labute approximate surface area is 143 Å². The van der Waals surface area contributed by atoms with E-state index < -0.39 is 5.97 Å². The van der Waals surface area contributed by atoms with Gasteiger partial charge in [-0.15, -0.1) is 11.3 Å². The van der Waals surface area contributed by atoms with Crippen molar-refractivity contribution in [2.45, 2.75) is 11.7 Å². The van der Waals surface area contributed by atoms with Gasteiger partial charge in [0, 0.05) is 8.45 Å². The van der Waals surface area contributed by atoms with Crippen LogP contribution in [0.25, 0.3) is 11.0 Å². The maximum atomic E-state index is 10.8. The molecule has 0 saturated heterocycles. The van der Waals surface area contributed by atoms with Crippen LogP contribution in [0.2, 0.25) is 0 Å². The third kappa shape index (κ3) is 3.41. The summed E-state index contributed by atoms with van der Waals surface area (Å²) in [6.45, 7) is 0.719. The van der Waals surface area contributed by atoms with E-state index in [9.17, 15) is 4.79 Å². The third-order valence-electron chi connectivity index (χ3n) is 2.89. The smallest absolute Gasteiger partial charge is 0.313 e. The number of thiophene rings is 1. The Kier molecular flexibility index (Phi) is 4.51. The second-order valence-electron chi connectivity index (χ2n) is 4.38. The number of aromatic nitrogens is 2. The summed E-state index contributed by atoms with van der Waals surface area (Å²) in [6, 6.07) is 10.2. The molecule has 2 heterocycles. The number of thioether (sulfide) groups is 1. The molecule has 2 aromatic heterocycles. The topological polar surface area (TPSA) is 55.1 Å². The average Bonchev–Trinajstić information content (AvgIpc) is 3.05. The molecule has 4 nitrogen and oxygen atoms in total. The van der Waals surface area contributed by atoms with E-state index in [4.69, 9.17) is 5.11 Å². The van der Waals surface area contributed by atoms with Gasteiger partial charge in [-0.05, 0) is 52.2 Å². The highest BCUT2D eigenvalue weighted by molar-refractivity contribution is 14.1. The molecular formula is C14H11IN2O2S2. The Morgan fingerprint density at radius 1 is 1.43 bits per heavy atom. The molecule has 0 unspecified atom stereocenters. The molecule has 1 aromatic carbocycles. The lowest BCUT2D eigenvalue weighted by Gasteiger charge is -2.06. The van der Waals surface area contributed by atoms with Crippen molar-refractivity contribution in [3.05, 3.63) is 44.2 Å². The Hall–Kier alpha value is -1.06. The number of carboxylic acids is 1. The molecule has 0 amide bonds. The van der Waals surface area contributed by atoms with E-state index in [1.165, 1.54) is 16.6 Å². The van der Waals surface area contributed by atoms with Crippen LogP contribution in [-0.2, 0) is 11.3 Å². The molecule has 7 heteroatoms. The molecule has 0 atom stereocenters. The summed E-state index contributed by atoms with van der Waals surface area (Å²) >= 11 is 5.21. The number of hydrogen-bond donors (Lipinski definition) is 1. The first-order chi connectivity index (χ1) is 10.1. The van der Waals surface area contributed by atoms with Crippen LogP contribution in [0.1, 0.15) is 4.88 Å². The molecule has 0 bridgehead atoms. The number of imidazole rings is 1. The van der Waals surface area contributed by atoms with Gasteiger partial charge in [-0.1, -0.05) is 17.8 Å². The zero-order chi connectivity index (χ0) is 14.8. The number of hydrogen-bond acceptors (Lipinski definition) is 4. The van der Waals surface area contributed by atoms with Gasteiger partial charge >= 0.3 is 5.97 Å². The van der Waals surface area contributed by atoms with Crippen molar-refractivity contribution in [1.29, 1.82) is 0 Å². The molecule has 1 N–H and O–H groups in total. The fourth-order valence-corrected chi connectivity index (χ4v) is 3.93. The van der Waals surface area contributed by atoms with Gasteiger partial charge in [0.1, 0.15) is 0 Å². The van der Waals surface area contributed by atoms with E-state index in [2.05, 4.69) is 38.2 Å². The average molecular weight is 430 g/mol. The predicted molar refractivity (Wildman–Crippen MR) is 94.2 cm³/mol. The van der Waals surface area contributed by atoms with Gasteiger partial charge < -0.3 is 9.67 Å². The van der Waals surface area contributed by atoms with E-state index in [1.807, 2.05) is 29.6 Å². The molecule has 3 aromatic rings. The van der Waals surface area contributed by atoms with E-state index in [0.717, 1.165) is 26.3 Å². The number of halogens is 1. The Bertz CT molecular complexity index is 784. The molecule has 0 aliphatic carbocycles. The minimum atomic E-state index is -0.829. The zero-order valence-corrected chi connectivity index (χ0v) is 14.6. The number of nitrogens with zero attached hydrogens (tertiary/aromatic N) is 2. The number of carboxylic acid groups (broad SMARTS) is 1. The standard InChI is InChI=1S/C14H11IN2O2S2/c15-9-3-4-12-11(6-9)16-14(21-8-13(18)19)17(12)7-10-2-1-5-20-10/h1-6H,7-8H2,(H,18,19). The molecule has 0 aliphatic heterocycles. The van der Waals surface area contributed by atoms with Crippen LogP contribution >= 0.6 is 45.7 Å². The van der Waals surface area contributed by atoms with E-state index in [1.54, 1.807) is 11.3 Å². The quantitative estimate of drug-likeness (QED) is 0.493. The summed E-state index contributed by atoms with van der Waals surface area (Å²) in [5, 5.41) is 11.7. The molecule has 21 heavy (non-hydrogen) atoms. The largest absolute Gasteiger partial charge is 0.481 e. The Balaban J connectivity index is 2.03. The van der Waals surface area contributed by atoms with Crippen LogP contribution < -0.4 is 0 Å². The first-order valence-electron chi connectivity index (χ1n) is 6.16. The summed E-state index contributed by atoms with van der Waals surface area (Å²) in [7, 11) is 0. The molecule has 108 valence electrons. The molecule has 3 rings (SSSR count). The van der Waals surface area contributed by atoms with Crippen LogP contribution in [0.15, 0.2) is 40.9 Å². The highest BCUT2D eigenvalue weighted by Crippen LogP contribution is 2.27. The van der Waals surface area contributed by atoms with Crippen molar-refractivity contribution in [3.8, 4) is 0 Å². The number of aliphatic carboxylic acids is 1. The lowest BCUT2D eigenvalue weighted by molar-refractivity contribution is -0.133. The SMILES string of the molecule is O=C(O)CSc1nc2cc(I)ccc2n1Cc1cccs1. The van der Waals surface area contributed by atoms with E-state index in [-0.39, 0.29) is 5.75 Å². The first kappa shape index (κ1) is 14.9. The van der Waals surface area contributed by atoms with E-state index in [0.29, 0.717) is 0 Å². The molecular weight excluding hydrogens is 419 g/mol. The van der Waals surface area contributed by atoms with Crippen LogP contribution in [0, 0.1) is 3.57 Å². The predicted octanol–water partition coefficient (Wildman–Crippen LogP) is 3.93. The van der Waals surface area contributed by atoms with E-state index >= 15 is 0 Å². The highest BCUT2D eigenvalue weighted by atomic mass is 127. The summed E-state index contributed by atoms with van der Waals surface area (Å²) in [4.78, 5) is 16.6. The van der Waals surface area contributed by atoms with Crippen molar-refractivity contribution >= 4 is 62.7 Å². The lowest BCUT2D eigenvalue weighted by Crippen LogP contribution is -2.03. The zero-order valence-electron chi connectivity index (χ0n) is 10.8. The van der Waals surface area contributed by atoms with Crippen LogP contribution in [0.4, 0.5) is 0 Å². The number of carbonyl (C=O) groups is 1. The maximum Gasteiger partial charge on any atom is 0.313 e. The van der Waals surface area contributed by atoms with Crippen molar-refractivity contribution in [2.24, 2.45) is 0 Å². The minimum absolute atomic E-state index is 0.0187.